The number of nitrogens with two attached hydrogens (primary N) is 1. The fraction of sp³-hybridized carbons (Fsp3) is 0.571. The Balaban J connectivity index is 2.11. The molecule has 1 aliphatic rings. The van der Waals surface area contributed by atoms with Gasteiger partial charge in [0.2, 0.25) is 0 Å². The van der Waals surface area contributed by atoms with Crippen LogP contribution in [0.25, 0.3) is 0 Å². The third-order valence-corrected chi connectivity index (χ3v) is 3.46. The summed E-state index contributed by atoms with van der Waals surface area (Å²) < 4.78 is 6.15. The van der Waals surface area contributed by atoms with Crippen LogP contribution in [0.2, 0.25) is 0 Å². The van der Waals surface area contributed by atoms with Crippen molar-refractivity contribution < 1.29 is 4.74 Å². The van der Waals surface area contributed by atoms with Crippen LogP contribution in [0.15, 0.2) is 24.3 Å². The smallest absolute Gasteiger partial charge is 0.121 e. The van der Waals surface area contributed by atoms with Crippen molar-refractivity contribution in [3.8, 4) is 5.75 Å². The van der Waals surface area contributed by atoms with E-state index in [4.69, 9.17) is 10.5 Å². The first-order chi connectivity index (χ1) is 7.74. The average molecular weight is 219 g/mol. The van der Waals surface area contributed by atoms with E-state index in [0.29, 0.717) is 6.54 Å². The van der Waals surface area contributed by atoms with Crippen molar-refractivity contribution in [1.82, 2.24) is 0 Å². The molecular weight excluding hydrogens is 198 g/mol. The molecule has 1 fully saturated rings. The van der Waals surface area contributed by atoms with E-state index in [2.05, 4.69) is 19.1 Å². The topological polar surface area (TPSA) is 35.2 Å². The maximum absolute atomic E-state index is 6.15. The molecule has 0 heterocycles. The van der Waals surface area contributed by atoms with Crippen molar-refractivity contribution in [2.75, 3.05) is 6.54 Å². The summed E-state index contributed by atoms with van der Waals surface area (Å²) in [4.78, 5) is 0. The average Bonchev–Trinajstić information content (AvgIpc) is 2.30. The van der Waals surface area contributed by atoms with E-state index in [1.54, 1.807) is 0 Å². The molecule has 0 unspecified atom stereocenters. The molecule has 1 aromatic rings. The Morgan fingerprint density at radius 1 is 1.25 bits per heavy atom. The minimum absolute atomic E-state index is 0.105. The molecule has 16 heavy (non-hydrogen) atoms. The minimum atomic E-state index is -0.105. The van der Waals surface area contributed by atoms with Gasteiger partial charge >= 0.3 is 0 Å². The molecule has 0 aliphatic heterocycles. The van der Waals surface area contributed by atoms with Crippen molar-refractivity contribution in [2.24, 2.45) is 5.73 Å². The van der Waals surface area contributed by atoms with E-state index < -0.39 is 0 Å². The Hall–Kier alpha value is -1.02. The molecule has 0 bridgehead atoms. The van der Waals surface area contributed by atoms with Gasteiger partial charge in [-0.15, -0.1) is 0 Å². The van der Waals surface area contributed by atoms with Gasteiger partial charge in [0.1, 0.15) is 11.4 Å². The number of hydrogen-bond acceptors (Lipinski definition) is 2. The number of rotatable bonds is 3. The number of hydrogen-bond donors (Lipinski definition) is 1. The summed E-state index contributed by atoms with van der Waals surface area (Å²) in [5, 5.41) is 0. The van der Waals surface area contributed by atoms with Gasteiger partial charge in [-0.3, -0.25) is 0 Å². The molecule has 0 amide bonds. The normalized spacial score (nSPS) is 19.4. The van der Waals surface area contributed by atoms with Crippen LogP contribution >= 0.6 is 0 Å². The number of aryl methyl sites for hydroxylation is 1. The monoisotopic (exact) mass is 219 g/mol. The highest BCUT2D eigenvalue weighted by Gasteiger charge is 2.32. The molecule has 2 heteroatoms. The summed E-state index contributed by atoms with van der Waals surface area (Å²) in [6.07, 6.45) is 5.99. The zero-order valence-electron chi connectivity index (χ0n) is 10.0. The van der Waals surface area contributed by atoms with E-state index >= 15 is 0 Å². The first-order valence-corrected chi connectivity index (χ1v) is 6.20. The van der Waals surface area contributed by atoms with E-state index in [0.717, 1.165) is 18.6 Å². The van der Waals surface area contributed by atoms with Gasteiger partial charge in [-0.1, -0.05) is 18.6 Å². The summed E-state index contributed by atoms with van der Waals surface area (Å²) in [7, 11) is 0. The lowest BCUT2D eigenvalue weighted by Gasteiger charge is -2.36. The van der Waals surface area contributed by atoms with Gasteiger partial charge in [-0.2, -0.15) is 0 Å². The summed E-state index contributed by atoms with van der Waals surface area (Å²) in [6.45, 7) is 2.71. The fourth-order valence-corrected chi connectivity index (χ4v) is 2.47. The molecule has 0 saturated heterocycles. The molecule has 2 N–H and O–H groups in total. The molecule has 2 rings (SSSR count). The van der Waals surface area contributed by atoms with E-state index in [9.17, 15) is 0 Å². The maximum atomic E-state index is 6.15. The SMILES string of the molecule is Cc1cccc(OC2(CN)CCCCC2)c1. The van der Waals surface area contributed by atoms with Crippen LogP contribution in [-0.2, 0) is 0 Å². The van der Waals surface area contributed by atoms with Gasteiger partial charge in [0.05, 0.1) is 0 Å². The van der Waals surface area contributed by atoms with Crippen LogP contribution in [0.5, 0.6) is 5.75 Å². The molecule has 0 spiro atoms. The zero-order chi connectivity index (χ0) is 11.4. The Kier molecular flexibility index (Phi) is 3.49. The first kappa shape index (κ1) is 11.5. The predicted octanol–water partition coefficient (Wildman–Crippen LogP) is 3.04. The Morgan fingerprint density at radius 2 is 2.00 bits per heavy atom. The van der Waals surface area contributed by atoms with Crippen molar-refractivity contribution in [3.05, 3.63) is 29.8 Å². The maximum Gasteiger partial charge on any atom is 0.121 e. The van der Waals surface area contributed by atoms with Crippen LogP contribution in [0.3, 0.4) is 0 Å². The summed E-state index contributed by atoms with van der Waals surface area (Å²) >= 11 is 0. The highest BCUT2D eigenvalue weighted by Crippen LogP contribution is 2.32. The van der Waals surface area contributed by atoms with Crippen LogP contribution in [0.1, 0.15) is 37.7 Å². The lowest BCUT2D eigenvalue weighted by atomic mass is 9.84. The van der Waals surface area contributed by atoms with Gasteiger partial charge < -0.3 is 10.5 Å². The van der Waals surface area contributed by atoms with Crippen LogP contribution in [-0.4, -0.2) is 12.1 Å². The fourth-order valence-electron chi connectivity index (χ4n) is 2.47. The zero-order valence-corrected chi connectivity index (χ0v) is 10.0. The first-order valence-electron chi connectivity index (χ1n) is 6.20. The van der Waals surface area contributed by atoms with Gasteiger partial charge in [-0.05, 0) is 50.3 Å². The van der Waals surface area contributed by atoms with Crippen LogP contribution in [0.4, 0.5) is 0 Å². The van der Waals surface area contributed by atoms with Crippen molar-refractivity contribution in [3.63, 3.8) is 0 Å². The van der Waals surface area contributed by atoms with Gasteiger partial charge in [0.15, 0.2) is 0 Å². The van der Waals surface area contributed by atoms with Crippen molar-refractivity contribution in [1.29, 1.82) is 0 Å². The summed E-state index contributed by atoms with van der Waals surface area (Å²) in [5.41, 5.74) is 7.03. The molecule has 0 atom stereocenters. The molecule has 88 valence electrons. The highest BCUT2D eigenvalue weighted by atomic mass is 16.5. The molecule has 2 nitrogen and oxygen atoms in total. The van der Waals surface area contributed by atoms with Crippen LogP contribution in [0, 0.1) is 6.92 Å². The quantitative estimate of drug-likeness (QED) is 0.848. The van der Waals surface area contributed by atoms with E-state index in [1.165, 1.54) is 24.8 Å². The van der Waals surface area contributed by atoms with Crippen molar-refractivity contribution >= 4 is 0 Å². The predicted molar refractivity (Wildman–Crippen MR) is 66.7 cm³/mol. The standard InChI is InChI=1S/C14H21NO/c1-12-6-5-7-13(10-12)16-14(11-15)8-3-2-4-9-14/h5-7,10H,2-4,8-9,11,15H2,1H3. The second kappa shape index (κ2) is 4.88. The lowest BCUT2D eigenvalue weighted by molar-refractivity contribution is 0.0386. The second-order valence-electron chi connectivity index (χ2n) is 4.87. The van der Waals surface area contributed by atoms with E-state index in [1.807, 2.05) is 12.1 Å². The summed E-state index contributed by atoms with van der Waals surface area (Å²) in [5.74, 6) is 0.965. The Morgan fingerprint density at radius 3 is 2.62 bits per heavy atom. The summed E-state index contributed by atoms with van der Waals surface area (Å²) in [6, 6.07) is 8.24. The Labute approximate surface area is 97.8 Å². The molecule has 0 radical (unpaired) electrons. The van der Waals surface area contributed by atoms with Gasteiger partial charge in [-0.25, -0.2) is 0 Å². The number of ether oxygens (including phenoxy) is 1. The van der Waals surface area contributed by atoms with E-state index in [-0.39, 0.29) is 5.60 Å². The second-order valence-corrected chi connectivity index (χ2v) is 4.87. The third-order valence-electron chi connectivity index (χ3n) is 3.46. The third kappa shape index (κ3) is 2.56. The molecule has 1 saturated carbocycles. The molecule has 1 aliphatic carbocycles. The van der Waals surface area contributed by atoms with Gasteiger partial charge in [0.25, 0.3) is 0 Å². The molecular formula is C14H21NO. The van der Waals surface area contributed by atoms with Gasteiger partial charge in [0, 0.05) is 6.54 Å². The van der Waals surface area contributed by atoms with Crippen LogP contribution < -0.4 is 10.5 Å². The van der Waals surface area contributed by atoms with Crippen molar-refractivity contribution in [2.45, 2.75) is 44.6 Å². The Bertz CT molecular complexity index is 342. The molecule has 1 aromatic carbocycles. The highest BCUT2D eigenvalue weighted by molar-refractivity contribution is 5.28. The lowest BCUT2D eigenvalue weighted by Crippen LogP contribution is -2.45. The largest absolute Gasteiger partial charge is 0.486 e. The number of benzene rings is 1. The molecule has 0 aromatic heterocycles. The minimum Gasteiger partial charge on any atom is -0.486 e.